The molecule has 1 atom stereocenters. The fraction of sp³-hybridized carbons (Fsp3) is 0.474. The maximum atomic E-state index is 6.17. The van der Waals surface area contributed by atoms with Crippen molar-refractivity contribution in [3.8, 4) is 0 Å². The summed E-state index contributed by atoms with van der Waals surface area (Å²) in [5, 5.41) is 12.4. The molecule has 0 bridgehead atoms. The molecule has 8 heteroatoms. The lowest BCUT2D eigenvalue weighted by Crippen LogP contribution is -2.66. The predicted molar refractivity (Wildman–Crippen MR) is 98.5 cm³/mol. The van der Waals surface area contributed by atoms with Crippen molar-refractivity contribution in [2.24, 2.45) is 0 Å². The molecule has 3 aromatic heterocycles. The van der Waals surface area contributed by atoms with E-state index in [0.717, 1.165) is 55.1 Å². The lowest BCUT2D eigenvalue weighted by Gasteiger charge is -2.53. The molecule has 2 aliphatic heterocycles. The van der Waals surface area contributed by atoms with Crippen molar-refractivity contribution in [3.63, 3.8) is 0 Å². The average molecular weight is 366 g/mol. The zero-order chi connectivity index (χ0) is 18.3. The van der Waals surface area contributed by atoms with Crippen LogP contribution in [0.25, 0.3) is 5.65 Å². The number of rotatable bonds is 4. The van der Waals surface area contributed by atoms with Gasteiger partial charge in [0.15, 0.2) is 5.65 Å². The fourth-order valence-corrected chi connectivity index (χ4v) is 3.95. The minimum absolute atomic E-state index is 0.127. The largest absolute Gasteiger partial charge is 0.373 e. The van der Waals surface area contributed by atoms with E-state index >= 15 is 0 Å². The van der Waals surface area contributed by atoms with Gasteiger partial charge < -0.3 is 14.4 Å². The van der Waals surface area contributed by atoms with Gasteiger partial charge in [-0.15, -0.1) is 15.3 Å². The molecule has 5 heterocycles. The van der Waals surface area contributed by atoms with Gasteiger partial charge in [0.1, 0.15) is 17.7 Å². The van der Waals surface area contributed by atoms with Crippen LogP contribution in [-0.4, -0.2) is 56.2 Å². The van der Waals surface area contributed by atoms with Crippen LogP contribution in [0, 0.1) is 6.92 Å². The number of ether oxygens (including phenoxy) is 2. The molecule has 0 radical (unpaired) electrons. The second kappa shape index (κ2) is 6.54. The molecule has 0 N–H and O–H groups in total. The van der Waals surface area contributed by atoms with Crippen LogP contribution in [0.5, 0.6) is 0 Å². The maximum absolute atomic E-state index is 6.17. The van der Waals surface area contributed by atoms with E-state index in [1.165, 1.54) is 0 Å². The van der Waals surface area contributed by atoms with E-state index in [1.54, 1.807) is 10.8 Å². The molecule has 2 saturated heterocycles. The monoisotopic (exact) mass is 366 g/mol. The molecule has 27 heavy (non-hydrogen) atoms. The van der Waals surface area contributed by atoms with Crippen LogP contribution in [0.3, 0.4) is 0 Å². The molecular formula is C19H22N6O2. The Balaban J connectivity index is 1.20. The second-order valence-electron chi connectivity index (χ2n) is 7.51. The summed E-state index contributed by atoms with van der Waals surface area (Å²) in [6.07, 6.45) is 7.43. The molecule has 0 aromatic carbocycles. The smallest absolute Gasteiger partial charge is 0.177 e. The number of fused-ring (bicyclic) bond motifs is 1. The molecule has 8 nitrogen and oxygen atoms in total. The molecule has 140 valence electrons. The van der Waals surface area contributed by atoms with Crippen molar-refractivity contribution in [3.05, 3.63) is 48.0 Å². The van der Waals surface area contributed by atoms with Crippen LogP contribution in [0.15, 0.2) is 36.9 Å². The van der Waals surface area contributed by atoms with E-state index < -0.39 is 0 Å². The van der Waals surface area contributed by atoms with Gasteiger partial charge in [-0.3, -0.25) is 4.98 Å². The Bertz CT molecular complexity index is 952. The minimum Gasteiger partial charge on any atom is -0.373 e. The Morgan fingerprint density at radius 3 is 3.11 bits per heavy atom. The van der Waals surface area contributed by atoms with Crippen LogP contribution in [0.1, 0.15) is 24.0 Å². The van der Waals surface area contributed by atoms with Crippen LogP contribution >= 0.6 is 0 Å². The first kappa shape index (κ1) is 16.6. The summed E-state index contributed by atoms with van der Waals surface area (Å²) >= 11 is 0. The highest BCUT2D eigenvalue weighted by molar-refractivity contribution is 5.48. The Morgan fingerprint density at radius 1 is 1.30 bits per heavy atom. The summed E-state index contributed by atoms with van der Waals surface area (Å²) in [6, 6.07) is 6.04. The van der Waals surface area contributed by atoms with Gasteiger partial charge in [-0.25, -0.2) is 0 Å². The molecule has 3 aromatic rings. The van der Waals surface area contributed by atoms with Crippen molar-refractivity contribution in [1.29, 1.82) is 0 Å². The highest BCUT2D eigenvalue weighted by Gasteiger charge is 2.48. The normalized spacial score (nSPS) is 21.5. The van der Waals surface area contributed by atoms with E-state index in [4.69, 9.17) is 9.47 Å². The van der Waals surface area contributed by atoms with Gasteiger partial charge >= 0.3 is 0 Å². The number of pyridine rings is 1. The Labute approximate surface area is 157 Å². The highest BCUT2D eigenvalue weighted by atomic mass is 16.5. The van der Waals surface area contributed by atoms with Gasteiger partial charge in [-0.1, -0.05) is 6.07 Å². The lowest BCUT2D eigenvalue weighted by molar-refractivity contribution is -0.148. The van der Waals surface area contributed by atoms with Crippen LogP contribution < -0.4 is 4.90 Å². The zero-order valence-electron chi connectivity index (χ0n) is 15.3. The van der Waals surface area contributed by atoms with Gasteiger partial charge in [0.25, 0.3) is 0 Å². The summed E-state index contributed by atoms with van der Waals surface area (Å²) in [6.45, 7) is 5.06. The summed E-state index contributed by atoms with van der Waals surface area (Å²) in [7, 11) is 0. The van der Waals surface area contributed by atoms with Gasteiger partial charge in [0, 0.05) is 25.4 Å². The van der Waals surface area contributed by atoms with E-state index in [2.05, 4.69) is 31.2 Å². The van der Waals surface area contributed by atoms with Gasteiger partial charge in [-0.2, -0.15) is 4.52 Å². The third kappa shape index (κ3) is 3.26. The van der Waals surface area contributed by atoms with Crippen LogP contribution in [0.4, 0.5) is 5.82 Å². The Morgan fingerprint density at radius 2 is 2.22 bits per heavy atom. The zero-order valence-corrected chi connectivity index (χ0v) is 15.3. The molecule has 5 rings (SSSR count). The standard InChI is InChI=1S/C19H22N6O2/c1-14-6-15(9-20-8-14)10-26-16-4-5-27-19(7-16)11-24(12-19)18-3-2-17-22-21-13-25(17)23-18/h2-3,6,8-9,13,16H,4-5,7,10-12H2,1H3/t16-/m1/s1. The third-order valence-electron chi connectivity index (χ3n) is 5.29. The maximum Gasteiger partial charge on any atom is 0.177 e. The predicted octanol–water partition coefficient (Wildman–Crippen LogP) is 1.78. The second-order valence-corrected chi connectivity index (χ2v) is 7.51. The van der Waals surface area contributed by atoms with Gasteiger partial charge in [0.2, 0.25) is 0 Å². The third-order valence-corrected chi connectivity index (χ3v) is 5.29. The highest BCUT2D eigenvalue weighted by Crippen LogP contribution is 2.37. The van der Waals surface area contributed by atoms with Crippen molar-refractivity contribution >= 4 is 11.5 Å². The molecule has 2 fully saturated rings. The fourth-order valence-electron chi connectivity index (χ4n) is 3.95. The van der Waals surface area contributed by atoms with Crippen molar-refractivity contribution < 1.29 is 9.47 Å². The SMILES string of the molecule is Cc1cncc(CO[C@@H]2CCOC3(C2)CN(c2ccc4nncn4n2)C3)c1. The molecule has 2 aliphatic rings. The first-order valence-electron chi connectivity index (χ1n) is 9.27. The number of nitrogens with zero attached hydrogens (tertiary/aromatic N) is 6. The number of hydrogen-bond donors (Lipinski definition) is 0. The van der Waals surface area contributed by atoms with Crippen LogP contribution in [-0.2, 0) is 16.1 Å². The Hall–Kier alpha value is -2.58. The van der Waals surface area contributed by atoms with Gasteiger partial charge in [0.05, 0.1) is 25.8 Å². The van der Waals surface area contributed by atoms with Gasteiger partial charge in [-0.05, 0) is 36.6 Å². The van der Waals surface area contributed by atoms with E-state index in [-0.39, 0.29) is 11.7 Å². The first-order chi connectivity index (χ1) is 13.2. The molecule has 1 spiro atoms. The van der Waals surface area contributed by atoms with E-state index in [0.29, 0.717) is 6.61 Å². The van der Waals surface area contributed by atoms with Crippen molar-refractivity contribution in [1.82, 2.24) is 24.8 Å². The summed E-state index contributed by atoms with van der Waals surface area (Å²) in [5.74, 6) is 0.922. The number of aromatic nitrogens is 5. The number of aryl methyl sites for hydroxylation is 1. The van der Waals surface area contributed by atoms with Crippen molar-refractivity contribution in [2.75, 3.05) is 24.6 Å². The topological polar surface area (TPSA) is 77.7 Å². The van der Waals surface area contributed by atoms with Crippen LogP contribution in [0.2, 0.25) is 0 Å². The molecule has 0 aliphatic carbocycles. The van der Waals surface area contributed by atoms with E-state index in [1.807, 2.05) is 31.5 Å². The Kier molecular flexibility index (Phi) is 4.02. The van der Waals surface area contributed by atoms with Crippen molar-refractivity contribution in [2.45, 2.75) is 38.1 Å². The quantitative estimate of drug-likeness (QED) is 0.696. The average Bonchev–Trinajstić information content (AvgIpc) is 3.12. The number of anilines is 1. The van der Waals surface area contributed by atoms with E-state index in [9.17, 15) is 0 Å². The molecule has 0 amide bonds. The lowest BCUT2D eigenvalue weighted by atomic mass is 9.84. The molecule has 0 saturated carbocycles. The minimum atomic E-state index is -0.127. The summed E-state index contributed by atoms with van der Waals surface area (Å²) in [5.41, 5.74) is 2.91. The molecular weight excluding hydrogens is 344 g/mol. The first-order valence-corrected chi connectivity index (χ1v) is 9.27. The molecule has 0 unspecified atom stereocenters. The number of hydrogen-bond acceptors (Lipinski definition) is 7. The summed E-state index contributed by atoms with van der Waals surface area (Å²) in [4.78, 5) is 6.46. The summed E-state index contributed by atoms with van der Waals surface area (Å²) < 4.78 is 14.0.